The molecule has 0 saturated heterocycles. The van der Waals surface area contributed by atoms with Crippen molar-refractivity contribution in [1.29, 1.82) is 0 Å². The average molecular weight is 300 g/mol. The van der Waals surface area contributed by atoms with E-state index in [1.54, 1.807) is 6.08 Å². The van der Waals surface area contributed by atoms with Crippen LogP contribution in [0.2, 0.25) is 0 Å². The SMILES string of the molecule is C=N/C(Cl)=C\[C](N)=[W]. The molecule has 2 nitrogen and oxygen atoms in total. The number of rotatable bonds is 2. The zero-order chi connectivity index (χ0) is 6.57. The Morgan fingerprint density at radius 1 is 1.88 bits per heavy atom. The second kappa shape index (κ2) is 4.13. The van der Waals surface area contributed by atoms with Gasteiger partial charge in [0.15, 0.2) is 0 Å². The molecule has 8 heavy (non-hydrogen) atoms. The van der Waals surface area contributed by atoms with E-state index in [1.807, 2.05) is 0 Å². The van der Waals surface area contributed by atoms with Gasteiger partial charge in [0, 0.05) is 0 Å². The first kappa shape index (κ1) is 8.22. The molecule has 0 bridgehead atoms. The fourth-order valence-electron chi connectivity index (χ4n) is 0.163. The van der Waals surface area contributed by atoms with Gasteiger partial charge in [0.25, 0.3) is 0 Å². The van der Waals surface area contributed by atoms with Gasteiger partial charge in [-0.3, -0.25) is 0 Å². The van der Waals surface area contributed by atoms with E-state index in [-0.39, 0.29) is 0 Å². The van der Waals surface area contributed by atoms with Gasteiger partial charge in [-0.2, -0.15) is 0 Å². The van der Waals surface area contributed by atoms with Gasteiger partial charge < -0.3 is 0 Å². The zero-order valence-electron chi connectivity index (χ0n) is 4.10. The van der Waals surface area contributed by atoms with Gasteiger partial charge in [-0.15, -0.1) is 0 Å². The Bertz CT molecular complexity index is 141. The van der Waals surface area contributed by atoms with E-state index in [9.17, 15) is 0 Å². The third-order valence-electron chi connectivity index (χ3n) is 0.412. The number of hydrogen-bond donors (Lipinski definition) is 1. The molecule has 0 spiro atoms. The molecule has 0 radical (unpaired) electrons. The monoisotopic (exact) mass is 300 g/mol. The summed E-state index contributed by atoms with van der Waals surface area (Å²) in [5.41, 5.74) is 5.27. The van der Waals surface area contributed by atoms with Crippen LogP contribution in [0, 0.1) is 0 Å². The molecule has 0 rings (SSSR count). The second-order valence-electron chi connectivity index (χ2n) is 1.03. The third-order valence-corrected chi connectivity index (χ3v) is 1.06. The van der Waals surface area contributed by atoms with E-state index in [0.29, 0.717) is 9.18 Å². The third kappa shape index (κ3) is 4.38. The van der Waals surface area contributed by atoms with Crippen LogP contribution < -0.4 is 5.73 Å². The topological polar surface area (TPSA) is 38.4 Å². The van der Waals surface area contributed by atoms with Gasteiger partial charge >= 0.3 is 63.7 Å². The van der Waals surface area contributed by atoms with E-state index in [4.69, 9.17) is 17.3 Å². The van der Waals surface area contributed by atoms with E-state index in [1.165, 1.54) is 19.4 Å². The van der Waals surface area contributed by atoms with E-state index < -0.39 is 0 Å². The molecule has 0 aromatic carbocycles. The fraction of sp³-hybridized carbons (Fsp3) is 0. The minimum atomic E-state index is 0.345. The summed E-state index contributed by atoms with van der Waals surface area (Å²) in [4.78, 5) is 3.42. The van der Waals surface area contributed by atoms with Crippen molar-refractivity contribution >= 4 is 22.3 Å². The van der Waals surface area contributed by atoms with Gasteiger partial charge in [0.05, 0.1) is 0 Å². The Morgan fingerprint density at radius 2 is 2.38 bits per heavy atom. The molecule has 0 amide bonds. The van der Waals surface area contributed by atoms with Gasteiger partial charge in [-0.25, -0.2) is 0 Å². The number of nitrogens with zero attached hydrogens (tertiary/aromatic N) is 1. The quantitative estimate of drug-likeness (QED) is 0.582. The first-order chi connectivity index (χ1) is 3.66. The molecule has 0 aromatic rings. The van der Waals surface area contributed by atoms with E-state index in [0.717, 1.165) is 0 Å². The van der Waals surface area contributed by atoms with Crippen molar-refractivity contribution in [3.8, 4) is 0 Å². The summed E-state index contributed by atoms with van der Waals surface area (Å²) < 4.78 is 0.711. The van der Waals surface area contributed by atoms with Crippen molar-refractivity contribution in [2.45, 2.75) is 0 Å². The van der Waals surface area contributed by atoms with Crippen LogP contribution in [0.4, 0.5) is 0 Å². The molecule has 0 aliphatic carbocycles. The zero-order valence-corrected chi connectivity index (χ0v) is 7.78. The first-order valence-electron chi connectivity index (χ1n) is 1.80. The van der Waals surface area contributed by atoms with Crippen molar-refractivity contribution in [3.05, 3.63) is 11.2 Å². The average Bonchev–Trinajstić information content (AvgIpc) is 1.65. The fourth-order valence-corrected chi connectivity index (χ4v) is 0.940. The van der Waals surface area contributed by atoms with Crippen LogP contribution in [-0.2, 0) is 19.4 Å². The molecular weight excluding hydrogens is 295 g/mol. The molecule has 0 atom stereocenters. The van der Waals surface area contributed by atoms with Crippen molar-refractivity contribution in [3.63, 3.8) is 0 Å². The van der Waals surface area contributed by atoms with Gasteiger partial charge in [0.2, 0.25) is 0 Å². The van der Waals surface area contributed by atoms with Crippen molar-refractivity contribution < 1.29 is 19.4 Å². The van der Waals surface area contributed by atoms with Crippen LogP contribution in [-0.4, -0.2) is 10.7 Å². The van der Waals surface area contributed by atoms with E-state index >= 15 is 0 Å². The van der Waals surface area contributed by atoms with Crippen molar-refractivity contribution in [1.82, 2.24) is 0 Å². The predicted octanol–water partition coefficient (Wildman–Crippen LogP) is 0.403. The molecule has 0 fully saturated rings. The molecule has 44 valence electrons. The van der Waals surface area contributed by atoms with Crippen LogP contribution >= 0.6 is 11.6 Å². The Balaban J connectivity index is 3.94. The van der Waals surface area contributed by atoms with Crippen molar-refractivity contribution in [2.75, 3.05) is 0 Å². The number of nitrogens with two attached hydrogens (primary N) is 1. The van der Waals surface area contributed by atoms with Crippen LogP contribution in [0.3, 0.4) is 0 Å². The van der Waals surface area contributed by atoms with Crippen LogP contribution in [0.5, 0.6) is 0 Å². The van der Waals surface area contributed by atoms with Gasteiger partial charge in [-0.05, 0) is 0 Å². The normalized spacial score (nSPS) is 11.0. The van der Waals surface area contributed by atoms with E-state index in [2.05, 4.69) is 11.7 Å². The minimum absolute atomic E-state index is 0.345. The molecule has 0 aliphatic heterocycles. The molecule has 0 unspecified atom stereocenters. The molecule has 0 aromatic heterocycles. The van der Waals surface area contributed by atoms with Crippen LogP contribution in [0.25, 0.3) is 0 Å². The Morgan fingerprint density at radius 3 is 2.50 bits per heavy atom. The van der Waals surface area contributed by atoms with Crippen LogP contribution in [0.15, 0.2) is 16.2 Å². The summed E-state index contributed by atoms with van der Waals surface area (Å²) in [5.74, 6) is 0. The predicted molar refractivity (Wildman–Crippen MR) is 32.7 cm³/mol. The summed E-state index contributed by atoms with van der Waals surface area (Å²) in [6.07, 6.45) is 1.57. The summed E-state index contributed by atoms with van der Waals surface area (Å²) in [6.45, 7) is 3.20. The van der Waals surface area contributed by atoms with Crippen molar-refractivity contribution in [2.24, 2.45) is 10.7 Å². The molecule has 2 N–H and O–H groups in total. The molecular formula is C4H5ClN2W. The standard InChI is InChI=1S/C4H5ClN2.W/c1-7-4(5)2-3-6;/h2H,1,6H2;/b4-2-;. The second-order valence-corrected chi connectivity index (χ2v) is 3.11. The number of halogens is 1. The summed E-state index contributed by atoms with van der Waals surface area (Å²) in [6, 6.07) is 0. The summed E-state index contributed by atoms with van der Waals surface area (Å²) in [7, 11) is 0. The Hall–Kier alpha value is 0.218. The van der Waals surface area contributed by atoms with Gasteiger partial charge in [-0.1, -0.05) is 0 Å². The first-order valence-corrected chi connectivity index (χ1v) is 3.64. The Labute approximate surface area is 63.8 Å². The number of hydrogen-bond acceptors (Lipinski definition) is 2. The maximum atomic E-state index is 5.40. The molecule has 0 heterocycles. The molecule has 0 aliphatic rings. The molecule has 0 saturated carbocycles. The summed E-state index contributed by atoms with van der Waals surface area (Å²) >= 11 is 6.59. The van der Waals surface area contributed by atoms with Crippen LogP contribution in [0.1, 0.15) is 0 Å². The Kier molecular flexibility index (Phi) is 4.25. The summed E-state index contributed by atoms with van der Waals surface area (Å²) in [5, 5.41) is 0.345. The number of aliphatic imine (C=N–C) groups is 1. The maximum absolute atomic E-state index is 5.40. The molecule has 4 heteroatoms. The van der Waals surface area contributed by atoms with Gasteiger partial charge in [0.1, 0.15) is 0 Å².